The van der Waals surface area contributed by atoms with Crippen molar-refractivity contribution in [1.29, 1.82) is 0 Å². The number of nitrogens with zero attached hydrogens (tertiary/aromatic N) is 2. The van der Waals surface area contributed by atoms with Crippen LogP contribution in [0, 0.1) is 0 Å². The predicted octanol–water partition coefficient (Wildman–Crippen LogP) is 0.463. The summed E-state index contributed by atoms with van der Waals surface area (Å²) in [5, 5.41) is 7.37. The number of nitrogens with one attached hydrogen (secondary N) is 1. The van der Waals surface area contributed by atoms with Crippen molar-refractivity contribution in [2.75, 3.05) is 12.3 Å². The summed E-state index contributed by atoms with van der Waals surface area (Å²) >= 11 is 0. The monoisotopic (exact) mass is 168 g/mol. The predicted molar refractivity (Wildman–Crippen MR) is 49.8 cm³/mol. The van der Waals surface area contributed by atoms with Crippen LogP contribution >= 0.6 is 0 Å². The maximum atomic E-state index is 5.51. The first-order valence-corrected chi connectivity index (χ1v) is 4.20. The normalized spacial score (nSPS) is 10.9. The van der Waals surface area contributed by atoms with Crippen LogP contribution < -0.4 is 11.1 Å². The summed E-state index contributed by atoms with van der Waals surface area (Å²) in [7, 11) is 0. The van der Waals surface area contributed by atoms with Crippen molar-refractivity contribution in [2.45, 2.75) is 26.4 Å². The molecule has 0 aliphatic rings. The fraction of sp³-hybridized carbons (Fsp3) is 0.625. The summed E-state index contributed by atoms with van der Waals surface area (Å²) in [6.45, 7) is 6.04. The average Bonchev–Trinajstić information content (AvgIpc) is 2.35. The van der Waals surface area contributed by atoms with E-state index in [9.17, 15) is 0 Å². The highest BCUT2D eigenvalue weighted by Gasteiger charge is 1.94. The molecule has 0 spiro atoms. The molecule has 0 fully saturated rings. The molecule has 12 heavy (non-hydrogen) atoms. The van der Waals surface area contributed by atoms with Gasteiger partial charge in [-0.15, -0.1) is 0 Å². The summed E-state index contributed by atoms with van der Waals surface area (Å²) in [5.41, 5.74) is 6.23. The van der Waals surface area contributed by atoms with E-state index in [1.807, 2.05) is 10.9 Å². The van der Waals surface area contributed by atoms with Gasteiger partial charge < -0.3 is 11.1 Å². The maximum Gasteiger partial charge on any atom is 0.0719 e. The molecule has 0 saturated carbocycles. The van der Waals surface area contributed by atoms with E-state index >= 15 is 0 Å². The molecule has 0 aliphatic heterocycles. The van der Waals surface area contributed by atoms with Crippen LogP contribution in [0.4, 0.5) is 5.69 Å². The topological polar surface area (TPSA) is 55.9 Å². The Kier molecular flexibility index (Phi) is 3.10. The van der Waals surface area contributed by atoms with Crippen molar-refractivity contribution < 1.29 is 0 Å². The van der Waals surface area contributed by atoms with Crippen LogP contribution in [0.25, 0.3) is 0 Å². The van der Waals surface area contributed by atoms with Crippen molar-refractivity contribution in [2.24, 2.45) is 0 Å². The summed E-state index contributed by atoms with van der Waals surface area (Å²) in [5.74, 6) is 0. The van der Waals surface area contributed by atoms with E-state index in [0.29, 0.717) is 6.04 Å². The standard InChI is InChI=1S/C8H16N4/c1-7(2)10-3-4-12-6-8(9)5-11-12/h5-7,10H,3-4,9H2,1-2H3. The maximum absolute atomic E-state index is 5.51. The molecule has 1 heterocycles. The third kappa shape index (κ3) is 2.92. The van der Waals surface area contributed by atoms with Gasteiger partial charge in [-0.1, -0.05) is 13.8 Å². The van der Waals surface area contributed by atoms with Gasteiger partial charge in [0.25, 0.3) is 0 Å². The van der Waals surface area contributed by atoms with Crippen LogP contribution in [0.5, 0.6) is 0 Å². The quantitative estimate of drug-likeness (QED) is 0.687. The SMILES string of the molecule is CC(C)NCCn1cc(N)cn1. The zero-order valence-electron chi connectivity index (χ0n) is 7.62. The minimum Gasteiger partial charge on any atom is -0.396 e. The molecular weight excluding hydrogens is 152 g/mol. The van der Waals surface area contributed by atoms with Crippen LogP contribution in [0.3, 0.4) is 0 Å². The number of hydrogen-bond acceptors (Lipinski definition) is 3. The molecule has 4 heteroatoms. The average molecular weight is 168 g/mol. The summed E-state index contributed by atoms with van der Waals surface area (Å²) in [4.78, 5) is 0. The minimum absolute atomic E-state index is 0.526. The molecule has 0 unspecified atom stereocenters. The van der Waals surface area contributed by atoms with E-state index in [0.717, 1.165) is 18.8 Å². The minimum atomic E-state index is 0.526. The van der Waals surface area contributed by atoms with Gasteiger partial charge >= 0.3 is 0 Å². The zero-order chi connectivity index (χ0) is 8.97. The molecule has 4 nitrogen and oxygen atoms in total. The van der Waals surface area contributed by atoms with E-state index in [1.54, 1.807) is 6.20 Å². The highest BCUT2D eigenvalue weighted by molar-refractivity contribution is 5.30. The molecule has 0 bridgehead atoms. The molecule has 0 radical (unpaired) electrons. The molecule has 1 aromatic rings. The molecule has 68 valence electrons. The number of nitrogen functional groups attached to an aromatic ring is 1. The van der Waals surface area contributed by atoms with E-state index in [4.69, 9.17) is 5.73 Å². The zero-order valence-corrected chi connectivity index (χ0v) is 7.62. The lowest BCUT2D eigenvalue weighted by Gasteiger charge is -2.07. The van der Waals surface area contributed by atoms with Gasteiger partial charge in [-0.3, -0.25) is 4.68 Å². The first kappa shape index (κ1) is 9.06. The Bertz CT molecular complexity index is 229. The van der Waals surface area contributed by atoms with E-state index < -0.39 is 0 Å². The molecule has 1 aromatic heterocycles. The first-order valence-electron chi connectivity index (χ1n) is 4.20. The highest BCUT2D eigenvalue weighted by atomic mass is 15.3. The lowest BCUT2D eigenvalue weighted by atomic mass is 10.4. The van der Waals surface area contributed by atoms with Crippen LogP contribution in [-0.2, 0) is 6.54 Å². The fourth-order valence-electron chi connectivity index (χ4n) is 0.970. The van der Waals surface area contributed by atoms with Gasteiger partial charge in [0, 0.05) is 18.8 Å². The Labute approximate surface area is 72.8 Å². The Hall–Kier alpha value is -1.03. The highest BCUT2D eigenvalue weighted by Crippen LogP contribution is 1.96. The van der Waals surface area contributed by atoms with Gasteiger partial charge in [-0.05, 0) is 0 Å². The third-order valence-corrected chi connectivity index (χ3v) is 1.55. The largest absolute Gasteiger partial charge is 0.396 e. The molecule has 0 atom stereocenters. The van der Waals surface area contributed by atoms with E-state index in [-0.39, 0.29) is 0 Å². The molecular formula is C8H16N4. The Morgan fingerprint density at radius 1 is 1.67 bits per heavy atom. The Morgan fingerprint density at radius 2 is 2.42 bits per heavy atom. The lowest BCUT2D eigenvalue weighted by Crippen LogP contribution is -2.26. The number of hydrogen-bond donors (Lipinski definition) is 2. The molecule has 0 aromatic carbocycles. The van der Waals surface area contributed by atoms with Crippen molar-refractivity contribution in [3.8, 4) is 0 Å². The lowest BCUT2D eigenvalue weighted by molar-refractivity contribution is 0.515. The van der Waals surface area contributed by atoms with Gasteiger partial charge in [0.1, 0.15) is 0 Å². The third-order valence-electron chi connectivity index (χ3n) is 1.55. The first-order chi connectivity index (χ1) is 5.68. The summed E-state index contributed by atoms with van der Waals surface area (Å²) < 4.78 is 1.84. The van der Waals surface area contributed by atoms with Crippen molar-refractivity contribution in [3.63, 3.8) is 0 Å². The van der Waals surface area contributed by atoms with E-state index in [1.165, 1.54) is 0 Å². The van der Waals surface area contributed by atoms with Gasteiger partial charge in [0.15, 0.2) is 0 Å². The van der Waals surface area contributed by atoms with Crippen LogP contribution in [0.2, 0.25) is 0 Å². The van der Waals surface area contributed by atoms with Crippen molar-refractivity contribution >= 4 is 5.69 Å². The Morgan fingerprint density at radius 3 is 2.92 bits per heavy atom. The second-order valence-corrected chi connectivity index (χ2v) is 3.15. The Balaban J connectivity index is 2.24. The fourth-order valence-corrected chi connectivity index (χ4v) is 0.970. The van der Waals surface area contributed by atoms with Crippen LogP contribution in [-0.4, -0.2) is 22.4 Å². The number of aromatic nitrogens is 2. The van der Waals surface area contributed by atoms with E-state index in [2.05, 4.69) is 24.3 Å². The van der Waals surface area contributed by atoms with Crippen LogP contribution in [0.15, 0.2) is 12.4 Å². The number of anilines is 1. The van der Waals surface area contributed by atoms with Crippen molar-refractivity contribution in [1.82, 2.24) is 15.1 Å². The molecule has 1 rings (SSSR count). The summed E-state index contributed by atoms with van der Waals surface area (Å²) in [6, 6.07) is 0.526. The van der Waals surface area contributed by atoms with Gasteiger partial charge in [0.2, 0.25) is 0 Å². The second kappa shape index (κ2) is 4.11. The van der Waals surface area contributed by atoms with Crippen molar-refractivity contribution in [3.05, 3.63) is 12.4 Å². The van der Waals surface area contributed by atoms with Gasteiger partial charge in [0.05, 0.1) is 18.4 Å². The van der Waals surface area contributed by atoms with Gasteiger partial charge in [-0.25, -0.2) is 0 Å². The van der Waals surface area contributed by atoms with Crippen LogP contribution in [0.1, 0.15) is 13.8 Å². The molecule has 0 saturated heterocycles. The second-order valence-electron chi connectivity index (χ2n) is 3.15. The molecule has 0 amide bonds. The molecule has 3 N–H and O–H groups in total. The van der Waals surface area contributed by atoms with Gasteiger partial charge in [-0.2, -0.15) is 5.10 Å². The number of nitrogens with two attached hydrogens (primary N) is 1. The molecule has 0 aliphatic carbocycles. The smallest absolute Gasteiger partial charge is 0.0719 e. The summed E-state index contributed by atoms with van der Waals surface area (Å²) in [6.07, 6.45) is 3.50. The number of rotatable bonds is 4.